The lowest BCUT2D eigenvalue weighted by Gasteiger charge is -2.26. The molecular formula is C21H31N5O2. The Hall–Kier alpha value is -2.54. The lowest BCUT2D eigenvalue weighted by Crippen LogP contribution is -2.29. The molecular weight excluding hydrogens is 354 g/mol. The predicted molar refractivity (Wildman–Crippen MR) is 111 cm³/mol. The fourth-order valence-corrected chi connectivity index (χ4v) is 3.42. The summed E-state index contributed by atoms with van der Waals surface area (Å²) in [6.45, 7) is 8.25. The van der Waals surface area contributed by atoms with Gasteiger partial charge in [0.1, 0.15) is 5.75 Å². The number of nitrogens with zero attached hydrogens (tertiary/aromatic N) is 4. The molecule has 1 aromatic carbocycles. The molecule has 1 aromatic heterocycles. The molecule has 0 radical (unpaired) electrons. The van der Waals surface area contributed by atoms with Crippen molar-refractivity contribution in [3.8, 4) is 5.75 Å². The zero-order valence-electron chi connectivity index (χ0n) is 16.7. The van der Waals surface area contributed by atoms with E-state index < -0.39 is 0 Å². The minimum atomic E-state index is 0.0630. The number of allylic oxidation sites excluding steroid dienone is 1. The van der Waals surface area contributed by atoms with Crippen molar-refractivity contribution in [3.05, 3.63) is 48.0 Å². The third kappa shape index (κ3) is 6.27. The van der Waals surface area contributed by atoms with E-state index in [1.54, 1.807) is 4.68 Å². The molecule has 0 unspecified atom stereocenters. The van der Waals surface area contributed by atoms with Crippen LogP contribution in [0.5, 0.6) is 5.75 Å². The van der Waals surface area contributed by atoms with E-state index in [1.807, 2.05) is 13.1 Å². The number of piperidine rings is 1. The zero-order valence-corrected chi connectivity index (χ0v) is 16.7. The Morgan fingerprint density at radius 2 is 2.11 bits per heavy atom. The fraction of sp³-hybridized carbons (Fsp3) is 0.524. The summed E-state index contributed by atoms with van der Waals surface area (Å²) in [4.78, 5) is 6.87. The van der Waals surface area contributed by atoms with Crippen LogP contribution in [0.15, 0.2) is 36.6 Å². The van der Waals surface area contributed by atoms with Crippen LogP contribution >= 0.6 is 0 Å². The van der Waals surface area contributed by atoms with Gasteiger partial charge in [-0.05, 0) is 50.0 Å². The highest BCUT2D eigenvalue weighted by Crippen LogP contribution is 2.17. The Morgan fingerprint density at radius 1 is 1.29 bits per heavy atom. The fourth-order valence-electron chi connectivity index (χ4n) is 3.42. The first-order chi connectivity index (χ1) is 13.6. The second kappa shape index (κ2) is 10.1. The number of ether oxygens (including phenoxy) is 1. The summed E-state index contributed by atoms with van der Waals surface area (Å²) >= 11 is 0. The normalized spacial score (nSPS) is 14.8. The van der Waals surface area contributed by atoms with Crippen LogP contribution < -0.4 is 10.1 Å². The van der Waals surface area contributed by atoms with Crippen LogP contribution in [0.4, 0.5) is 5.95 Å². The van der Waals surface area contributed by atoms with E-state index in [2.05, 4.69) is 45.1 Å². The number of anilines is 1. The standard InChI is InChI=1S/C21H31N5O2/c1-17(27)14-20-23-21(25(2)24-20)22-10-7-13-28-19-9-6-8-18(15-19)16-26-11-4-3-5-12-26/h6,8-9,15,27H,1,3-5,7,10-14,16H2,2H3,(H,22,23,24). The highest BCUT2D eigenvalue weighted by molar-refractivity contribution is 5.28. The second-order valence-electron chi connectivity index (χ2n) is 7.33. The van der Waals surface area contributed by atoms with Crippen molar-refractivity contribution in [2.45, 2.75) is 38.6 Å². The Morgan fingerprint density at radius 3 is 2.89 bits per heavy atom. The number of nitrogens with one attached hydrogen (secondary N) is 1. The average Bonchev–Trinajstić information content (AvgIpc) is 3.01. The lowest BCUT2D eigenvalue weighted by molar-refractivity contribution is 0.220. The quantitative estimate of drug-likeness (QED) is 0.483. The van der Waals surface area contributed by atoms with Crippen molar-refractivity contribution in [1.82, 2.24) is 19.7 Å². The molecule has 0 spiro atoms. The largest absolute Gasteiger partial charge is 0.512 e. The first kappa shape index (κ1) is 20.2. The van der Waals surface area contributed by atoms with E-state index in [-0.39, 0.29) is 12.2 Å². The lowest BCUT2D eigenvalue weighted by atomic mass is 10.1. The molecule has 2 N–H and O–H groups in total. The third-order valence-corrected chi connectivity index (χ3v) is 4.80. The minimum absolute atomic E-state index is 0.0630. The van der Waals surface area contributed by atoms with Gasteiger partial charge in [0, 0.05) is 20.1 Å². The number of aryl methyl sites for hydroxylation is 1. The van der Waals surface area contributed by atoms with Gasteiger partial charge >= 0.3 is 0 Å². The first-order valence-electron chi connectivity index (χ1n) is 10.0. The van der Waals surface area contributed by atoms with Crippen LogP contribution in [0.2, 0.25) is 0 Å². The van der Waals surface area contributed by atoms with Gasteiger partial charge in [0.25, 0.3) is 0 Å². The number of aliphatic hydroxyl groups excluding tert-OH is 1. The maximum atomic E-state index is 9.25. The van der Waals surface area contributed by atoms with Crippen molar-refractivity contribution >= 4 is 5.95 Å². The second-order valence-corrected chi connectivity index (χ2v) is 7.33. The molecule has 2 heterocycles. The zero-order chi connectivity index (χ0) is 19.8. The molecule has 2 aromatic rings. The van der Waals surface area contributed by atoms with Crippen molar-refractivity contribution in [3.63, 3.8) is 0 Å². The molecule has 7 heteroatoms. The van der Waals surface area contributed by atoms with E-state index in [9.17, 15) is 5.11 Å². The molecule has 1 fully saturated rings. The smallest absolute Gasteiger partial charge is 0.221 e. The highest BCUT2D eigenvalue weighted by atomic mass is 16.5. The minimum Gasteiger partial charge on any atom is -0.512 e. The van der Waals surface area contributed by atoms with Gasteiger partial charge in [-0.1, -0.05) is 25.1 Å². The Balaban J connectivity index is 1.39. The molecule has 28 heavy (non-hydrogen) atoms. The number of aliphatic hydroxyl groups is 1. The molecule has 7 nitrogen and oxygen atoms in total. The summed E-state index contributed by atoms with van der Waals surface area (Å²) in [5, 5.41) is 16.7. The SMILES string of the molecule is C=C(O)Cc1nc(NCCCOc2cccc(CN3CCCCC3)c2)n(C)n1. The summed E-state index contributed by atoms with van der Waals surface area (Å²) in [6, 6.07) is 8.42. The number of rotatable bonds is 10. The van der Waals surface area contributed by atoms with Crippen molar-refractivity contribution in [2.24, 2.45) is 7.05 Å². The highest BCUT2D eigenvalue weighted by Gasteiger charge is 2.11. The Kier molecular flexibility index (Phi) is 7.31. The van der Waals surface area contributed by atoms with Crippen LogP contribution in [-0.2, 0) is 20.0 Å². The third-order valence-electron chi connectivity index (χ3n) is 4.80. The van der Waals surface area contributed by atoms with Crippen LogP contribution in [0.25, 0.3) is 0 Å². The number of benzene rings is 1. The van der Waals surface area contributed by atoms with E-state index in [1.165, 1.54) is 37.9 Å². The molecule has 1 aliphatic rings. The van der Waals surface area contributed by atoms with Crippen LogP contribution in [0.1, 0.15) is 37.1 Å². The molecule has 152 valence electrons. The van der Waals surface area contributed by atoms with Crippen molar-refractivity contribution in [2.75, 3.05) is 31.6 Å². The van der Waals surface area contributed by atoms with E-state index in [0.717, 1.165) is 25.3 Å². The van der Waals surface area contributed by atoms with Gasteiger partial charge < -0.3 is 15.2 Å². The summed E-state index contributed by atoms with van der Waals surface area (Å²) in [6.07, 6.45) is 5.10. The Labute approximate surface area is 167 Å². The van der Waals surface area contributed by atoms with Gasteiger partial charge in [0.2, 0.25) is 5.95 Å². The van der Waals surface area contributed by atoms with Gasteiger partial charge in [-0.25, -0.2) is 4.68 Å². The van der Waals surface area contributed by atoms with E-state index >= 15 is 0 Å². The van der Waals surface area contributed by atoms with Gasteiger partial charge in [-0.3, -0.25) is 4.90 Å². The van der Waals surface area contributed by atoms with Gasteiger partial charge in [-0.2, -0.15) is 10.1 Å². The van der Waals surface area contributed by atoms with Crippen LogP contribution in [0, 0.1) is 0 Å². The molecule has 0 bridgehead atoms. The Bertz CT molecular complexity index is 768. The monoisotopic (exact) mass is 385 g/mol. The van der Waals surface area contributed by atoms with Gasteiger partial charge in [0.15, 0.2) is 5.82 Å². The summed E-state index contributed by atoms with van der Waals surface area (Å²) < 4.78 is 7.59. The van der Waals surface area contributed by atoms with Crippen LogP contribution in [-0.4, -0.2) is 51.0 Å². The van der Waals surface area contributed by atoms with E-state index in [0.29, 0.717) is 18.4 Å². The summed E-state index contributed by atoms with van der Waals surface area (Å²) in [5.74, 6) is 2.23. The number of hydrogen-bond donors (Lipinski definition) is 2. The van der Waals surface area contributed by atoms with E-state index in [4.69, 9.17) is 4.74 Å². The predicted octanol–water partition coefficient (Wildman–Crippen LogP) is 3.30. The first-order valence-corrected chi connectivity index (χ1v) is 10.0. The summed E-state index contributed by atoms with van der Waals surface area (Å²) in [5.41, 5.74) is 1.31. The van der Waals surface area contributed by atoms with Crippen molar-refractivity contribution < 1.29 is 9.84 Å². The summed E-state index contributed by atoms with van der Waals surface area (Å²) in [7, 11) is 1.82. The van der Waals surface area contributed by atoms with Gasteiger partial charge in [-0.15, -0.1) is 0 Å². The van der Waals surface area contributed by atoms with Crippen molar-refractivity contribution in [1.29, 1.82) is 0 Å². The number of hydrogen-bond acceptors (Lipinski definition) is 6. The topological polar surface area (TPSA) is 75.4 Å². The molecule has 3 rings (SSSR count). The molecule has 1 saturated heterocycles. The number of aromatic nitrogens is 3. The average molecular weight is 386 g/mol. The van der Waals surface area contributed by atoms with Gasteiger partial charge in [0.05, 0.1) is 18.8 Å². The maximum Gasteiger partial charge on any atom is 0.221 e. The molecule has 0 amide bonds. The molecule has 0 atom stereocenters. The molecule has 0 saturated carbocycles. The number of likely N-dealkylation sites (tertiary alicyclic amines) is 1. The van der Waals surface area contributed by atoms with Crippen LogP contribution in [0.3, 0.4) is 0 Å². The molecule has 0 aliphatic carbocycles. The molecule has 1 aliphatic heterocycles. The maximum absolute atomic E-state index is 9.25.